The zero-order valence-electron chi connectivity index (χ0n) is 15.1. The van der Waals surface area contributed by atoms with Gasteiger partial charge >= 0.3 is 0 Å². The third-order valence-corrected chi connectivity index (χ3v) is 6.47. The summed E-state index contributed by atoms with van der Waals surface area (Å²) < 4.78 is 1.84. The number of aromatic nitrogens is 2. The number of hydrogen-bond donors (Lipinski definition) is 1. The summed E-state index contributed by atoms with van der Waals surface area (Å²) in [4.78, 5) is 30.1. The van der Waals surface area contributed by atoms with Crippen LogP contribution in [-0.2, 0) is 4.79 Å². The van der Waals surface area contributed by atoms with E-state index in [1.807, 2.05) is 28.8 Å². The predicted octanol–water partition coefficient (Wildman–Crippen LogP) is 3.52. The van der Waals surface area contributed by atoms with Gasteiger partial charge in [-0.1, -0.05) is 36.7 Å². The van der Waals surface area contributed by atoms with E-state index in [1.165, 1.54) is 24.6 Å². The van der Waals surface area contributed by atoms with Crippen molar-refractivity contribution in [2.24, 2.45) is 5.92 Å². The van der Waals surface area contributed by atoms with Crippen molar-refractivity contribution in [1.29, 1.82) is 0 Å². The predicted molar refractivity (Wildman–Crippen MR) is 105 cm³/mol. The van der Waals surface area contributed by atoms with Crippen LogP contribution in [-0.4, -0.2) is 27.3 Å². The minimum atomic E-state index is 0.0229. The van der Waals surface area contributed by atoms with Crippen LogP contribution in [0.25, 0.3) is 10.9 Å². The first-order valence-electron chi connectivity index (χ1n) is 9.57. The Bertz CT molecular complexity index is 869. The zero-order chi connectivity index (χ0) is 18.1. The maximum absolute atomic E-state index is 13.1. The third kappa shape index (κ3) is 3.65. The lowest BCUT2D eigenvalue weighted by Crippen LogP contribution is -2.35. The number of nitrogens with zero attached hydrogens (tertiary/aromatic N) is 2. The normalized spacial score (nSPS) is 19.0. The van der Waals surface area contributed by atoms with Crippen LogP contribution >= 0.6 is 11.8 Å². The molecule has 2 aromatic rings. The van der Waals surface area contributed by atoms with Gasteiger partial charge in [0, 0.05) is 12.1 Å². The molecule has 1 aromatic heterocycles. The summed E-state index contributed by atoms with van der Waals surface area (Å²) in [6, 6.07) is 7.93. The Labute approximate surface area is 157 Å². The monoisotopic (exact) mass is 371 g/mol. The molecule has 1 atom stereocenters. The molecule has 4 rings (SSSR count). The van der Waals surface area contributed by atoms with Crippen molar-refractivity contribution in [3.63, 3.8) is 0 Å². The van der Waals surface area contributed by atoms with Gasteiger partial charge in [0.15, 0.2) is 5.16 Å². The minimum Gasteiger partial charge on any atom is -0.353 e. The summed E-state index contributed by atoms with van der Waals surface area (Å²) in [5.74, 6) is 0.961. The first kappa shape index (κ1) is 17.6. The van der Waals surface area contributed by atoms with Crippen LogP contribution < -0.4 is 10.9 Å². The molecule has 1 aromatic carbocycles. The van der Waals surface area contributed by atoms with E-state index < -0.39 is 0 Å². The molecule has 0 aliphatic heterocycles. The topological polar surface area (TPSA) is 64.0 Å². The molecule has 2 aliphatic rings. The van der Waals surface area contributed by atoms with Gasteiger partial charge in [0.05, 0.1) is 16.7 Å². The van der Waals surface area contributed by atoms with Crippen LogP contribution in [0.1, 0.15) is 51.5 Å². The molecule has 0 spiro atoms. The highest BCUT2D eigenvalue weighted by atomic mass is 32.2. The number of amides is 1. The third-order valence-electron chi connectivity index (χ3n) is 5.52. The van der Waals surface area contributed by atoms with E-state index in [0.29, 0.717) is 27.7 Å². The summed E-state index contributed by atoms with van der Waals surface area (Å²) in [5, 5.41) is 4.42. The Morgan fingerprint density at radius 1 is 1.27 bits per heavy atom. The molecule has 6 heteroatoms. The van der Waals surface area contributed by atoms with E-state index in [9.17, 15) is 9.59 Å². The first-order valence-corrected chi connectivity index (χ1v) is 10.6. The van der Waals surface area contributed by atoms with Gasteiger partial charge < -0.3 is 5.32 Å². The highest BCUT2D eigenvalue weighted by Gasteiger charge is 2.29. The van der Waals surface area contributed by atoms with Crippen LogP contribution in [0.15, 0.2) is 34.2 Å². The van der Waals surface area contributed by atoms with Crippen LogP contribution in [0.3, 0.4) is 0 Å². The van der Waals surface area contributed by atoms with E-state index in [2.05, 4.69) is 12.2 Å². The van der Waals surface area contributed by atoms with Crippen molar-refractivity contribution in [2.45, 2.75) is 62.7 Å². The largest absolute Gasteiger partial charge is 0.353 e. The second-order valence-corrected chi connectivity index (χ2v) is 8.45. The molecule has 2 aliphatic carbocycles. The van der Waals surface area contributed by atoms with Gasteiger partial charge in [-0.25, -0.2) is 4.98 Å². The van der Waals surface area contributed by atoms with Gasteiger partial charge in [-0.3, -0.25) is 14.2 Å². The van der Waals surface area contributed by atoms with Crippen molar-refractivity contribution in [3.8, 4) is 0 Å². The Hall–Kier alpha value is -1.82. The van der Waals surface area contributed by atoms with Crippen LogP contribution in [0, 0.1) is 5.92 Å². The molecule has 26 heavy (non-hydrogen) atoms. The first-order chi connectivity index (χ1) is 12.6. The molecule has 138 valence electrons. The molecule has 1 unspecified atom stereocenters. The number of para-hydroxylation sites is 1. The lowest BCUT2D eigenvalue weighted by Gasteiger charge is -2.19. The fraction of sp³-hybridized carbons (Fsp3) is 0.550. The summed E-state index contributed by atoms with van der Waals surface area (Å²) in [6.45, 7) is 2.07. The highest BCUT2D eigenvalue weighted by molar-refractivity contribution is 7.99. The number of nitrogens with one attached hydrogen (secondary N) is 1. The zero-order valence-corrected chi connectivity index (χ0v) is 15.9. The summed E-state index contributed by atoms with van der Waals surface area (Å²) in [6.07, 6.45) is 6.74. The van der Waals surface area contributed by atoms with Crippen molar-refractivity contribution < 1.29 is 4.79 Å². The van der Waals surface area contributed by atoms with E-state index >= 15 is 0 Å². The highest BCUT2D eigenvalue weighted by Crippen LogP contribution is 2.33. The Morgan fingerprint density at radius 3 is 2.73 bits per heavy atom. The van der Waals surface area contributed by atoms with Gasteiger partial charge in [0.25, 0.3) is 5.56 Å². The Morgan fingerprint density at radius 2 is 2.00 bits per heavy atom. The van der Waals surface area contributed by atoms with E-state index in [1.54, 1.807) is 0 Å². The number of fused-ring (bicyclic) bond motifs is 1. The van der Waals surface area contributed by atoms with Crippen molar-refractivity contribution in [2.75, 3.05) is 5.75 Å². The van der Waals surface area contributed by atoms with Gasteiger partial charge in [-0.15, -0.1) is 0 Å². The molecule has 1 amide bonds. The minimum absolute atomic E-state index is 0.0229. The standard InChI is InChI=1S/C20H25N3O2S/c1-13(14-10-11-14)21-18(24)12-26-20-22-17-9-5-4-8-16(17)19(25)23(20)15-6-2-3-7-15/h4-5,8-9,13-15H,2-3,6-7,10-12H2,1H3,(H,21,24). The van der Waals surface area contributed by atoms with E-state index in [4.69, 9.17) is 4.98 Å². The quantitative estimate of drug-likeness (QED) is 0.623. The summed E-state index contributed by atoms with van der Waals surface area (Å²) in [7, 11) is 0. The lowest BCUT2D eigenvalue weighted by molar-refractivity contribution is -0.119. The van der Waals surface area contributed by atoms with Crippen LogP contribution in [0.5, 0.6) is 0 Å². The number of rotatable bonds is 6. The smallest absolute Gasteiger partial charge is 0.262 e. The molecule has 1 heterocycles. The molecule has 1 N–H and O–H groups in total. The number of hydrogen-bond acceptors (Lipinski definition) is 4. The van der Waals surface area contributed by atoms with Crippen molar-refractivity contribution >= 4 is 28.6 Å². The maximum Gasteiger partial charge on any atom is 0.262 e. The molecule has 0 bridgehead atoms. The molecule has 0 saturated heterocycles. The fourth-order valence-electron chi connectivity index (χ4n) is 3.85. The molecule has 2 fully saturated rings. The molecular weight excluding hydrogens is 346 g/mol. The molecule has 2 saturated carbocycles. The second kappa shape index (κ2) is 7.43. The van der Waals surface area contributed by atoms with E-state index in [-0.39, 0.29) is 23.6 Å². The van der Waals surface area contributed by atoms with Gasteiger partial charge in [0.1, 0.15) is 0 Å². The van der Waals surface area contributed by atoms with Gasteiger partial charge in [-0.2, -0.15) is 0 Å². The number of carbonyl (C=O) groups excluding carboxylic acids is 1. The lowest BCUT2D eigenvalue weighted by atomic mass is 10.2. The Balaban J connectivity index is 1.59. The van der Waals surface area contributed by atoms with Gasteiger partial charge in [0.2, 0.25) is 5.91 Å². The molecular formula is C20H25N3O2S. The SMILES string of the molecule is CC(NC(=O)CSc1nc2ccccc2c(=O)n1C1CCCC1)C1CC1. The van der Waals surface area contributed by atoms with E-state index in [0.717, 1.165) is 25.7 Å². The summed E-state index contributed by atoms with van der Waals surface area (Å²) in [5.41, 5.74) is 0.734. The average molecular weight is 372 g/mol. The molecule has 5 nitrogen and oxygen atoms in total. The fourth-order valence-corrected chi connectivity index (χ4v) is 4.73. The van der Waals surface area contributed by atoms with Crippen LogP contribution in [0.2, 0.25) is 0 Å². The summed E-state index contributed by atoms with van der Waals surface area (Å²) >= 11 is 1.38. The maximum atomic E-state index is 13.1. The number of carbonyl (C=O) groups is 1. The van der Waals surface area contributed by atoms with Crippen LogP contribution in [0.4, 0.5) is 0 Å². The number of benzene rings is 1. The van der Waals surface area contributed by atoms with Gasteiger partial charge in [-0.05, 0) is 50.7 Å². The second-order valence-electron chi connectivity index (χ2n) is 7.51. The molecule has 0 radical (unpaired) electrons. The average Bonchev–Trinajstić information content (AvgIpc) is 3.36. The van der Waals surface area contributed by atoms with Crippen molar-refractivity contribution in [1.82, 2.24) is 14.9 Å². The Kier molecular flexibility index (Phi) is 5.02. The number of thioether (sulfide) groups is 1. The van der Waals surface area contributed by atoms with Crippen molar-refractivity contribution in [3.05, 3.63) is 34.6 Å².